The van der Waals surface area contributed by atoms with E-state index < -0.39 is 0 Å². The quantitative estimate of drug-likeness (QED) is 0.164. The lowest BCUT2D eigenvalue weighted by molar-refractivity contribution is 0.661. The third-order valence-corrected chi connectivity index (χ3v) is 10.4. The minimum Gasteiger partial charge on any atom is -0.256 e. The normalized spacial score (nSPS) is 12.5. The Morgan fingerprint density at radius 1 is 0.453 bits per heavy atom. The monoisotopic (exact) mass is 678 g/mol. The van der Waals surface area contributed by atoms with Crippen molar-refractivity contribution in [1.82, 2.24) is 15.0 Å². The number of hydrogen-bond donors (Lipinski definition) is 0. The van der Waals surface area contributed by atoms with Crippen molar-refractivity contribution < 1.29 is 0 Å². The number of rotatable bonds is 6. The molecular weight excluding hydrogens is 645 g/mol. The predicted molar refractivity (Wildman–Crippen MR) is 216 cm³/mol. The first kappa shape index (κ1) is 32.0. The maximum Gasteiger partial charge on any atom is 0.195 e. The molecule has 0 saturated heterocycles. The van der Waals surface area contributed by atoms with E-state index in [1.165, 1.54) is 11.1 Å². The number of fused-ring (bicyclic) bond motifs is 3. The molecule has 0 aliphatic heterocycles. The molecule has 4 heteroatoms. The molecule has 6 aromatic carbocycles. The summed E-state index contributed by atoms with van der Waals surface area (Å²) in [5.74, 6) is 0.676. The van der Waals surface area contributed by atoms with Gasteiger partial charge in [-0.25, -0.2) is 14.8 Å². The van der Waals surface area contributed by atoms with Crippen molar-refractivity contribution in [2.24, 2.45) is 0 Å². The molecule has 0 atom stereocenters. The maximum absolute atomic E-state index is 7.88. The summed E-state index contributed by atoms with van der Waals surface area (Å²) in [5.41, 5.74) is 16.0. The van der Waals surface area contributed by atoms with E-state index in [4.69, 9.17) is 21.5 Å². The van der Waals surface area contributed by atoms with Gasteiger partial charge in [0.25, 0.3) is 0 Å². The molecule has 53 heavy (non-hydrogen) atoms. The fourth-order valence-corrected chi connectivity index (χ4v) is 7.56. The summed E-state index contributed by atoms with van der Waals surface area (Å²) < 4.78 is 0. The van der Waals surface area contributed by atoms with Gasteiger partial charge in [-0.3, -0.25) is 4.98 Å². The highest BCUT2D eigenvalue weighted by Gasteiger charge is 2.36. The smallest absolute Gasteiger partial charge is 0.195 e. The molecule has 0 N–H and O–H groups in total. The first-order chi connectivity index (χ1) is 26.0. The van der Waals surface area contributed by atoms with Crippen LogP contribution in [-0.4, -0.2) is 15.0 Å². The maximum atomic E-state index is 7.88. The number of nitrogens with zero attached hydrogens (tertiary/aromatic N) is 4. The lowest BCUT2D eigenvalue weighted by atomic mass is 9.81. The fourth-order valence-electron chi connectivity index (χ4n) is 7.56. The Morgan fingerprint density at radius 2 is 1.04 bits per heavy atom. The van der Waals surface area contributed by atoms with Crippen molar-refractivity contribution in [3.05, 3.63) is 193 Å². The van der Waals surface area contributed by atoms with Crippen LogP contribution in [0.25, 0.3) is 83.4 Å². The van der Waals surface area contributed by atoms with Gasteiger partial charge < -0.3 is 0 Å². The molecule has 0 unspecified atom stereocenters. The van der Waals surface area contributed by atoms with Crippen LogP contribution in [0, 0.1) is 6.57 Å². The molecule has 2 heterocycles. The Balaban J connectivity index is 1.24. The van der Waals surface area contributed by atoms with E-state index in [0.29, 0.717) is 11.5 Å². The highest BCUT2D eigenvalue weighted by molar-refractivity contribution is 5.92. The molecule has 1 aliphatic rings. The van der Waals surface area contributed by atoms with Gasteiger partial charge in [0.15, 0.2) is 11.5 Å². The van der Waals surface area contributed by atoms with E-state index in [1.54, 1.807) is 0 Å². The molecule has 0 fully saturated rings. The topological polar surface area (TPSA) is 43.0 Å². The molecule has 8 aromatic rings. The van der Waals surface area contributed by atoms with Crippen molar-refractivity contribution in [3.8, 4) is 78.5 Å². The van der Waals surface area contributed by atoms with Gasteiger partial charge in [-0.1, -0.05) is 141 Å². The minimum absolute atomic E-state index is 0.249. The molecule has 0 radical (unpaired) electrons. The van der Waals surface area contributed by atoms with Gasteiger partial charge >= 0.3 is 0 Å². The summed E-state index contributed by atoms with van der Waals surface area (Å²) in [6.45, 7) is 12.4. The second-order valence-electron chi connectivity index (χ2n) is 14.0. The Hall–Kier alpha value is -6.96. The molecule has 0 saturated carbocycles. The summed E-state index contributed by atoms with van der Waals surface area (Å²) in [4.78, 5) is 19.0. The zero-order valence-corrected chi connectivity index (χ0v) is 29.5. The van der Waals surface area contributed by atoms with Crippen molar-refractivity contribution in [3.63, 3.8) is 0 Å². The van der Waals surface area contributed by atoms with Crippen molar-refractivity contribution >= 4 is 5.69 Å². The van der Waals surface area contributed by atoms with E-state index in [1.807, 2.05) is 72.9 Å². The van der Waals surface area contributed by atoms with Gasteiger partial charge in [0.1, 0.15) is 0 Å². The van der Waals surface area contributed by atoms with Crippen LogP contribution >= 0.6 is 0 Å². The molecule has 1 aliphatic carbocycles. The number of hydrogen-bond acceptors (Lipinski definition) is 3. The Kier molecular flexibility index (Phi) is 7.83. The first-order valence-electron chi connectivity index (χ1n) is 17.8. The van der Waals surface area contributed by atoms with Crippen LogP contribution in [-0.2, 0) is 5.41 Å². The van der Waals surface area contributed by atoms with Crippen LogP contribution < -0.4 is 0 Å². The Morgan fingerprint density at radius 3 is 1.68 bits per heavy atom. The Bertz CT molecular complexity index is 2620. The van der Waals surface area contributed by atoms with Gasteiger partial charge in [0, 0.05) is 39.4 Å². The highest BCUT2D eigenvalue weighted by atomic mass is 14.9. The summed E-state index contributed by atoms with van der Waals surface area (Å²) in [5, 5.41) is 0. The van der Waals surface area contributed by atoms with Gasteiger partial charge in [0.2, 0.25) is 0 Å². The van der Waals surface area contributed by atoms with Crippen LogP contribution in [0.3, 0.4) is 0 Å². The van der Waals surface area contributed by atoms with Crippen molar-refractivity contribution in [2.45, 2.75) is 19.3 Å². The van der Waals surface area contributed by atoms with Gasteiger partial charge in [-0.15, -0.1) is 0 Å². The second kappa shape index (κ2) is 13.0. The van der Waals surface area contributed by atoms with Crippen LogP contribution in [0.5, 0.6) is 0 Å². The molecule has 0 bridgehead atoms. The SMILES string of the molecule is [C-]#[N+]c1cccc2c1-c1ccc(-c3cc(-c4ccc(-c5ccccc5)nc4)cc(-c4cc(-c5ccccc5)nc(-c5ccccc5)n4)c3)cc1C2(C)C. The number of benzene rings is 6. The summed E-state index contributed by atoms with van der Waals surface area (Å²) in [6, 6.07) is 56.5. The standard InChI is InChI=1S/C49H34N4/c1-49(2)41-20-13-21-44(50-3)47(41)40-24-22-35(29-42(40)49)37-26-38(36-23-25-43(51-31-36)32-14-7-4-8-15-32)28-39(27-37)46-30-45(33-16-9-5-10-17-33)52-48(53-46)34-18-11-6-12-19-34/h4-31H,1-2H3. The second-order valence-corrected chi connectivity index (χ2v) is 14.0. The lowest BCUT2D eigenvalue weighted by Gasteiger charge is -2.22. The van der Waals surface area contributed by atoms with E-state index in [-0.39, 0.29) is 5.41 Å². The number of aromatic nitrogens is 3. The largest absolute Gasteiger partial charge is 0.256 e. The van der Waals surface area contributed by atoms with Gasteiger partial charge in [-0.05, 0) is 75.3 Å². The van der Waals surface area contributed by atoms with Crippen molar-refractivity contribution in [2.75, 3.05) is 0 Å². The average molecular weight is 679 g/mol. The summed E-state index contributed by atoms with van der Waals surface area (Å²) in [6.07, 6.45) is 1.96. The van der Waals surface area contributed by atoms with E-state index in [2.05, 4.69) is 116 Å². The highest BCUT2D eigenvalue weighted by Crippen LogP contribution is 2.53. The molecule has 0 spiro atoms. The summed E-state index contributed by atoms with van der Waals surface area (Å²) in [7, 11) is 0. The van der Waals surface area contributed by atoms with E-state index in [9.17, 15) is 0 Å². The first-order valence-corrected chi connectivity index (χ1v) is 17.8. The fraction of sp³-hybridized carbons (Fsp3) is 0.0612. The van der Waals surface area contributed by atoms with Gasteiger partial charge in [0.05, 0.1) is 23.7 Å². The minimum atomic E-state index is -0.249. The zero-order chi connectivity index (χ0) is 35.9. The molecular formula is C49H34N4. The third kappa shape index (κ3) is 5.79. The van der Waals surface area contributed by atoms with Crippen molar-refractivity contribution in [1.29, 1.82) is 0 Å². The van der Waals surface area contributed by atoms with Crippen LogP contribution in [0.4, 0.5) is 5.69 Å². The summed E-state index contributed by atoms with van der Waals surface area (Å²) >= 11 is 0. The Labute approximate surface area is 310 Å². The molecule has 9 rings (SSSR count). The average Bonchev–Trinajstić information content (AvgIpc) is 3.47. The van der Waals surface area contributed by atoms with Gasteiger partial charge in [-0.2, -0.15) is 0 Å². The predicted octanol–water partition coefficient (Wildman–Crippen LogP) is 12.7. The van der Waals surface area contributed by atoms with E-state index in [0.717, 1.165) is 72.7 Å². The van der Waals surface area contributed by atoms with Crippen LogP contribution in [0.15, 0.2) is 170 Å². The molecule has 0 amide bonds. The van der Waals surface area contributed by atoms with Crippen LogP contribution in [0.2, 0.25) is 0 Å². The molecule has 4 nitrogen and oxygen atoms in total. The molecule has 250 valence electrons. The molecule has 2 aromatic heterocycles. The number of pyridine rings is 1. The zero-order valence-electron chi connectivity index (χ0n) is 29.5. The third-order valence-electron chi connectivity index (χ3n) is 10.4. The lowest BCUT2D eigenvalue weighted by Crippen LogP contribution is -2.14. The van der Waals surface area contributed by atoms with E-state index >= 15 is 0 Å². The van der Waals surface area contributed by atoms with Crippen LogP contribution in [0.1, 0.15) is 25.0 Å².